The van der Waals surface area contributed by atoms with Crippen LogP contribution >= 0.6 is 0 Å². The largest absolute Gasteiger partial charge is 0.573 e. The maximum atomic E-state index is 12.2. The van der Waals surface area contributed by atoms with Crippen molar-refractivity contribution in [3.8, 4) is 5.75 Å². The van der Waals surface area contributed by atoms with Crippen molar-refractivity contribution >= 4 is 10.8 Å². The summed E-state index contributed by atoms with van der Waals surface area (Å²) in [7, 11) is 0. The Labute approximate surface area is 137 Å². The molecule has 3 aromatic carbocycles. The van der Waals surface area contributed by atoms with Crippen molar-refractivity contribution in [3.63, 3.8) is 0 Å². The van der Waals surface area contributed by atoms with E-state index in [9.17, 15) is 13.2 Å². The van der Waals surface area contributed by atoms with Crippen LogP contribution in [0.5, 0.6) is 5.75 Å². The van der Waals surface area contributed by atoms with Crippen LogP contribution in [0.2, 0.25) is 0 Å². The molecule has 0 amide bonds. The van der Waals surface area contributed by atoms with E-state index in [1.54, 1.807) is 12.1 Å². The number of ether oxygens (including phenoxy) is 1. The maximum Gasteiger partial charge on any atom is 0.573 e. The molecule has 5 heteroatoms. The second-order valence-electron chi connectivity index (χ2n) is 5.61. The van der Waals surface area contributed by atoms with Gasteiger partial charge in [0.05, 0.1) is 6.04 Å². The van der Waals surface area contributed by atoms with Gasteiger partial charge < -0.3 is 10.5 Å². The van der Waals surface area contributed by atoms with Gasteiger partial charge in [0.1, 0.15) is 5.75 Å². The molecule has 3 rings (SSSR count). The standard InChI is InChI=1S/C19H16F3NO/c1-12-6-11-17(16-5-3-2-4-15(12)16)18(23)13-7-9-14(10-8-13)24-19(20,21)22/h2-11,18H,23H2,1H3/t18-/m1/s1. The van der Waals surface area contributed by atoms with Gasteiger partial charge in [0.2, 0.25) is 0 Å². The number of hydrogen-bond donors (Lipinski definition) is 1. The number of aryl methyl sites for hydroxylation is 1. The summed E-state index contributed by atoms with van der Waals surface area (Å²) in [5.74, 6) is -0.257. The first-order valence-electron chi connectivity index (χ1n) is 7.45. The van der Waals surface area contributed by atoms with Crippen LogP contribution in [0.1, 0.15) is 22.7 Å². The highest BCUT2D eigenvalue weighted by molar-refractivity contribution is 5.89. The molecule has 124 valence electrons. The number of nitrogens with two attached hydrogens (primary N) is 1. The summed E-state index contributed by atoms with van der Waals surface area (Å²) in [6, 6.07) is 17.1. The van der Waals surface area contributed by atoms with Gasteiger partial charge in [0, 0.05) is 0 Å². The first kappa shape index (κ1) is 16.3. The first-order valence-corrected chi connectivity index (χ1v) is 7.45. The van der Waals surface area contributed by atoms with Gasteiger partial charge in [0.15, 0.2) is 0 Å². The highest BCUT2D eigenvalue weighted by Crippen LogP contribution is 2.30. The predicted molar refractivity (Wildman–Crippen MR) is 87.8 cm³/mol. The molecule has 0 bridgehead atoms. The molecule has 0 spiro atoms. The number of alkyl halides is 3. The molecule has 24 heavy (non-hydrogen) atoms. The zero-order valence-corrected chi connectivity index (χ0v) is 13.0. The van der Waals surface area contributed by atoms with Crippen LogP contribution in [0.15, 0.2) is 60.7 Å². The highest BCUT2D eigenvalue weighted by atomic mass is 19.4. The fourth-order valence-electron chi connectivity index (χ4n) is 2.80. The summed E-state index contributed by atoms with van der Waals surface area (Å²) < 4.78 is 40.6. The van der Waals surface area contributed by atoms with Gasteiger partial charge in [-0.2, -0.15) is 0 Å². The van der Waals surface area contributed by atoms with E-state index in [0.717, 1.165) is 27.5 Å². The minimum atomic E-state index is -4.70. The summed E-state index contributed by atoms with van der Waals surface area (Å²) >= 11 is 0. The monoisotopic (exact) mass is 331 g/mol. The molecule has 0 fully saturated rings. The van der Waals surface area contributed by atoms with E-state index in [1.807, 2.05) is 43.3 Å². The quantitative estimate of drug-likeness (QED) is 0.725. The van der Waals surface area contributed by atoms with Gasteiger partial charge >= 0.3 is 6.36 Å². The lowest BCUT2D eigenvalue weighted by Gasteiger charge is -2.17. The van der Waals surface area contributed by atoms with Crippen LogP contribution in [-0.4, -0.2) is 6.36 Å². The number of benzene rings is 3. The van der Waals surface area contributed by atoms with Crippen molar-refractivity contribution in [2.45, 2.75) is 19.3 Å². The topological polar surface area (TPSA) is 35.2 Å². The lowest BCUT2D eigenvalue weighted by molar-refractivity contribution is -0.274. The Morgan fingerprint density at radius 2 is 1.50 bits per heavy atom. The lowest BCUT2D eigenvalue weighted by atomic mass is 9.92. The summed E-state index contributed by atoms with van der Waals surface area (Å²) in [6.45, 7) is 2.03. The number of halogens is 3. The smallest absolute Gasteiger partial charge is 0.406 e. The van der Waals surface area contributed by atoms with Crippen molar-refractivity contribution in [1.29, 1.82) is 0 Å². The SMILES string of the molecule is Cc1ccc([C@H](N)c2ccc(OC(F)(F)F)cc2)c2ccccc12. The van der Waals surface area contributed by atoms with Gasteiger partial charge in [0.25, 0.3) is 0 Å². The summed E-state index contributed by atoms with van der Waals surface area (Å²) in [4.78, 5) is 0. The number of fused-ring (bicyclic) bond motifs is 1. The molecule has 0 aliphatic rings. The van der Waals surface area contributed by atoms with E-state index in [-0.39, 0.29) is 5.75 Å². The molecule has 2 nitrogen and oxygen atoms in total. The molecule has 0 aliphatic heterocycles. The Morgan fingerprint density at radius 1 is 0.875 bits per heavy atom. The summed E-state index contributed by atoms with van der Waals surface area (Å²) in [5.41, 5.74) is 9.15. The molecule has 0 unspecified atom stereocenters. The second-order valence-corrected chi connectivity index (χ2v) is 5.61. The van der Waals surface area contributed by atoms with Gasteiger partial charge in [-0.3, -0.25) is 0 Å². The third-order valence-electron chi connectivity index (χ3n) is 3.98. The van der Waals surface area contributed by atoms with Gasteiger partial charge in [-0.25, -0.2) is 0 Å². The minimum absolute atomic E-state index is 0.257. The van der Waals surface area contributed by atoms with Crippen LogP contribution in [0, 0.1) is 6.92 Å². The molecule has 0 saturated carbocycles. The fourth-order valence-corrected chi connectivity index (χ4v) is 2.80. The average Bonchev–Trinajstić information content (AvgIpc) is 2.54. The zero-order valence-electron chi connectivity index (χ0n) is 13.0. The average molecular weight is 331 g/mol. The van der Waals surface area contributed by atoms with Crippen LogP contribution < -0.4 is 10.5 Å². The Hall–Kier alpha value is -2.53. The van der Waals surface area contributed by atoms with Gasteiger partial charge in [-0.1, -0.05) is 48.5 Å². The zero-order chi connectivity index (χ0) is 17.3. The van der Waals surface area contributed by atoms with Crippen molar-refractivity contribution in [3.05, 3.63) is 77.4 Å². The van der Waals surface area contributed by atoms with Crippen LogP contribution in [0.3, 0.4) is 0 Å². The van der Waals surface area contributed by atoms with Gasteiger partial charge in [-0.05, 0) is 46.5 Å². The van der Waals surface area contributed by atoms with Crippen molar-refractivity contribution in [1.82, 2.24) is 0 Å². The van der Waals surface area contributed by atoms with Crippen molar-refractivity contribution in [2.24, 2.45) is 5.73 Å². The predicted octanol–water partition coefficient (Wildman–Crippen LogP) is 5.09. The highest BCUT2D eigenvalue weighted by Gasteiger charge is 2.31. The van der Waals surface area contributed by atoms with Crippen LogP contribution in [0.25, 0.3) is 10.8 Å². The van der Waals surface area contributed by atoms with E-state index in [1.165, 1.54) is 12.1 Å². The summed E-state index contributed by atoms with van der Waals surface area (Å²) in [5, 5.41) is 2.16. The molecule has 0 heterocycles. The Balaban J connectivity index is 1.95. The minimum Gasteiger partial charge on any atom is -0.406 e. The number of hydrogen-bond acceptors (Lipinski definition) is 2. The molecule has 0 aliphatic carbocycles. The van der Waals surface area contributed by atoms with E-state index in [0.29, 0.717) is 0 Å². The molecule has 1 atom stereocenters. The van der Waals surface area contributed by atoms with Crippen molar-refractivity contribution < 1.29 is 17.9 Å². The molecular weight excluding hydrogens is 315 g/mol. The molecule has 2 N–H and O–H groups in total. The first-order chi connectivity index (χ1) is 11.3. The molecular formula is C19H16F3NO. The Bertz CT molecular complexity index is 857. The molecule has 0 radical (unpaired) electrons. The van der Waals surface area contributed by atoms with E-state index < -0.39 is 12.4 Å². The summed E-state index contributed by atoms with van der Waals surface area (Å²) in [6.07, 6.45) is -4.70. The molecule has 0 aromatic heterocycles. The molecule has 0 saturated heterocycles. The lowest BCUT2D eigenvalue weighted by Crippen LogP contribution is -2.17. The Morgan fingerprint density at radius 3 is 2.12 bits per heavy atom. The van der Waals surface area contributed by atoms with E-state index in [2.05, 4.69) is 4.74 Å². The Kier molecular flexibility index (Phi) is 4.20. The van der Waals surface area contributed by atoms with Crippen LogP contribution in [0.4, 0.5) is 13.2 Å². The van der Waals surface area contributed by atoms with Gasteiger partial charge in [-0.15, -0.1) is 13.2 Å². The maximum absolute atomic E-state index is 12.2. The number of rotatable bonds is 3. The third kappa shape index (κ3) is 3.36. The van der Waals surface area contributed by atoms with E-state index >= 15 is 0 Å². The fraction of sp³-hybridized carbons (Fsp3) is 0.158. The van der Waals surface area contributed by atoms with Crippen molar-refractivity contribution in [2.75, 3.05) is 0 Å². The molecule has 3 aromatic rings. The van der Waals surface area contributed by atoms with Crippen LogP contribution in [-0.2, 0) is 0 Å². The second kappa shape index (κ2) is 6.17. The third-order valence-corrected chi connectivity index (χ3v) is 3.98. The normalized spacial score (nSPS) is 13.0. The van der Waals surface area contributed by atoms with E-state index in [4.69, 9.17) is 5.73 Å².